The summed E-state index contributed by atoms with van der Waals surface area (Å²) in [5.74, 6) is 0.00954. The van der Waals surface area contributed by atoms with Crippen molar-refractivity contribution in [3.63, 3.8) is 0 Å². The third-order valence-corrected chi connectivity index (χ3v) is 5.83. The number of hydrogen-bond acceptors (Lipinski definition) is 4. The van der Waals surface area contributed by atoms with E-state index in [1.54, 1.807) is 23.6 Å². The molecule has 0 aliphatic heterocycles. The summed E-state index contributed by atoms with van der Waals surface area (Å²) in [6, 6.07) is 15.2. The minimum absolute atomic E-state index is 0.156. The van der Waals surface area contributed by atoms with Crippen molar-refractivity contribution in [2.75, 3.05) is 0 Å². The molecule has 3 rings (SSSR count). The van der Waals surface area contributed by atoms with E-state index in [9.17, 15) is 9.59 Å². The van der Waals surface area contributed by atoms with E-state index in [0.29, 0.717) is 22.0 Å². The number of benzene rings is 2. The van der Waals surface area contributed by atoms with Crippen LogP contribution in [0.1, 0.15) is 38.7 Å². The van der Waals surface area contributed by atoms with Crippen LogP contribution in [0.5, 0.6) is 0 Å². The summed E-state index contributed by atoms with van der Waals surface area (Å²) < 4.78 is 1.56. The molecular formula is C21H23N3O2S. The first kappa shape index (κ1) is 19.2. The SMILES string of the molecule is CCC(C)c1ccc(-n2c(SC(C)C(N)=O)nc3ccccc3c2=O)cc1. The molecule has 27 heavy (non-hydrogen) atoms. The second-order valence-corrected chi connectivity index (χ2v) is 7.92. The topological polar surface area (TPSA) is 78.0 Å². The summed E-state index contributed by atoms with van der Waals surface area (Å²) in [4.78, 5) is 29.3. The van der Waals surface area contributed by atoms with Gasteiger partial charge in [0.1, 0.15) is 0 Å². The molecule has 3 aromatic rings. The van der Waals surface area contributed by atoms with Crippen molar-refractivity contribution in [3.8, 4) is 5.69 Å². The van der Waals surface area contributed by atoms with Crippen LogP contribution < -0.4 is 11.3 Å². The van der Waals surface area contributed by atoms with Crippen molar-refractivity contribution < 1.29 is 4.79 Å². The van der Waals surface area contributed by atoms with Gasteiger partial charge in [-0.25, -0.2) is 4.98 Å². The highest BCUT2D eigenvalue weighted by Crippen LogP contribution is 2.26. The van der Waals surface area contributed by atoms with Crippen molar-refractivity contribution in [1.82, 2.24) is 9.55 Å². The number of rotatable bonds is 6. The Morgan fingerprint density at radius 2 is 1.81 bits per heavy atom. The van der Waals surface area contributed by atoms with Gasteiger partial charge in [-0.3, -0.25) is 14.2 Å². The standard InChI is InChI=1S/C21H23N3O2S/c1-4-13(2)15-9-11-16(12-10-15)24-20(26)17-7-5-6-8-18(17)23-21(24)27-14(3)19(22)25/h5-14H,4H2,1-3H3,(H2,22,25). The van der Waals surface area contributed by atoms with Gasteiger partial charge in [-0.1, -0.05) is 49.9 Å². The number of fused-ring (bicyclic) bond motifs is 1. The molecule has 0 fully saturated rings. The lowest BCUT2D eigenvalue weighted by atomic mass is 9.98. The van der Waals surface area contributed by atoms with E-state index in [-0.39, 0.29) is 5.56 Å². The quantitative estimate of drug-likeness (QED) is 0.519. The summed E-state index contributed by atoms with van der Waals surface area (Å²) in [7, 11) is 0. The minimum Gasteiger partial charge on any atom is -0.369 e. The first-order chi connectivity index (χ1) is 12.9. The Balaban J connectivity index is 2.18. The molecule has 2 unspecified atom stereocenters. The predicted octanol–water partition coefficient (Wildman–Crippen LogP) is 3.87. The fourth-order valence-electron chi connectivity index (χ4n) is 2.82. The Kier molecular flexibility index (Phi) is 5.65. The van der Waals surface area contributed by atoms with Crippen molar-refractivity contribution in [2.24, 2.45) is 5.73 Å². The molecule has 0 radical (unpaired) electrons. The summed E-state index contributed by atoms with van der Waals surface area (Å²) >= 11 is 1.19. The van der Waals surface area contributed by atoms with Gasteiger partial charge in [0, 0.05) is 0 Å². The third-order valence-electron chi connectivity index (χ3n) is 4.76. The Morgan fingerprint density at radius 3 is 2.44 bits per heavy atom. The second-order valence-electron chi connectivity index (χ2n) is 6.62. The zero-order valence-electron chi connectivity index (χ0n) is 15.7. The van der Waals surface area contributed by atoms with Gasteiger partial charge in [-0.15, -0.1) is 0 Å². The molecule has 0 aliphatic carbocycles. The number of primary amides is 1. The maximum absolute atomic E-state index is 13.2. The van der Waals surface area contributed by atoms with Gasteiger partial charge in [0.25, 0.3) is 5.56 Å². The number of carbonyl (C=O) groups excluding carboxylic acids is 1. The van der Waals surface area contributed by atoms with E-state index in [1.165, 1.54) is 17.3 Å². The molecule has 5 nitrogen and oxygen atoms in total. The fraction of sp³-hybridized carbons (Fsp3) is 0.286. The summed E-state index contributed by atoms with van der Waals surface area (Å²) in [5.41, 5.74) is 7.82. The van der Waals surface area contributed by atoms with Crippen molar-refractivity contribution >= 4 is 28.6 Å². The molecule has 0 aliphatic rings. The fourth-order valence-corrected chi connectivity index (χ4v) is 3.70. The maximum Gasteiger partial charge on any atom is 0.266 e. The molecule has 1 heterocycles. The number of hydrogen-bond donors (Lipinski definition) is 1. The summed E-state index contributed by atoms with van der Waals surface area (Å²) in [6.07, 6.45) is 1.05. The number of thioether (sulfide) groups is 1. The minimum atomic E-state index is -0.497. The van der Waals surface area contributed by atoms with Crippen LogP contribution in [0.3, 0.4) is 0 Å². The van der Waals surface area contributed by atoms with Crippen LogP contribution in [0.15, 0.2) is 58.5 Å². The number of amides is 1. The predicted molar refractivity (Wildman–Crippen MR) is 111 cm³/mol. The maximum atomic E-state index is 13.2. The molecule has 140 valence electrons. The van der Waals surface area contributed by atoms with E-state index in [4.69, 9.17) is 5.73 Å². The van der Waals surface area contributed by atoms with Crippen LogP contribution in [0.2, 0.25) is 0 Å². The highest BCUT2D eigenvalue weighted by atomic mass is 32.2. The largest absolute Gasteiger partial charge is 0.369 e. The van der Waals surface area contributed by atoms with Crippen LogP contribution in [0.4, 0.5) is 0 Å². The smallest absolute Gasteiger partial charge is 0.266 e. The summed E-state index contributed by atoms with van der Waals surface area (Å²) in [6.45, 7) is 6.04. The number of aromatic nitrogens is 2. The van der Waals surface area contributed by atoms with Gasteiger partial charge in [-0.2, -0.15) is 0 Å². The van der Waals surface area contributed by atoms with Gasteiger partial charge < -0.3 is 5.73 Å². The van der Waals surface area contributed by atoms with E-state index in [0.717, 1.165) is 12.1 Å². The lowest BCUT2D eigenvalue weighted by Gasteiger charge is -2.16. The highest BCUT2D eigenvalue weighted by molar-refractivity contribution is 8.00. The van der Waals surface area contributed by atoms with Gasteiger partial charge in [0.2, 0.25) is 5.91 Å². The molecule has 0 spiro atoms. The number of nitrogens with two attached hydrogens (primary N) is 1. The monoisotopic (exact) mass is 381 g/mol. The second kappa shape index (κ2) is 7.96. The van der Waals surface area contributed by atoms with E-state index in [1.807, 2.05) is 36.4 Å². The van der Waals surface area contributed by atoms with E-state index >= 15 is 0 Å². The van der Waals surface area contributed by atoms with Crippen LogP contribution in [0, 0.1) is 0 Å². The van der Waals surface area contributed by atoms with Crippen molar-refractivity contribution in [2.45, 2.75) is 43.5 Å². The molecule has 0 bridgehead atoms. The summed E-state index contributed by atoms with van der Waals surface area (Å²) in [5, 5.41) is 0.504. The molecule has 2 N–H and O–H groups in total. The molecular weight excluding hydrogens is 358 g/mol. The zero-order valence-corrected chi connectivity index (χ0v) is 16.5. The van der Waals surface area contributed by atoms with E-state index < -0.39 is 11.2 Å². The average Bonchev–Trinajstić information content (AvgIpc) is 2.68. The lowest BCUT2D eigenvalue weighted by Crippen LogP contribution is -2.26. The number of carbonyl (C=O) groups is 1. The molecule has 1 amide bonds. The Hall–Kier alpha value is -2.60. The lowest BCUT2D eigenvalue weighted by molar-refractivity contribution is -0.117. The molecule has 2 atom stereocenters. The Bertz CT molecular complexity index is 1030. The third kappa shape index (κ3) is 3.90. The van der Waals surface area contributed by atoms with Crippen LogP contribution in [-0.2, 0) is 4.79 Å². The Morgan fingerprint density at radius 1 is 1.15 bits per heavy atom. The van der Waals surface area contributed by atoms with Crippen molar-refractivity contribution in [3.05, 3.63) is 64.4 Å². The zero-order chi connectivity index (χ0) is 19.6. The van der Waals surface area contributed by atoms with Gasteiger partial charge in [0.15, 0.2) is 5.16 Å². The molecule has 0 saturated carbocycles. The molecule has 2 aromatic carbocycles. The van der Waals surface area contributed by atoms with Crippen LogP contribution >= 0.6 is 11.8 Å². The first-order valence-corrected chi connectivity index (χ1v) is 9.88. The van der Waals surface area contributed by atoms with Gasteiger partial charge in [0.05, 0.1) is 21.8 Å². The average molecular weight is 382 g/mol. The van der Waals surface area contributed by atoms with Gasteiger partial charge in [-0.05, 0) is 49.1 Å². The van der Waals surface area contributed by atoms with Crippen molar-refractivity contribution in [1.29, 1.82) is 0 Å². The molecule has 0 saturated heterocycles. The Labute approximate surface area is 162 Å². The molecule has 1 aromatic heterocycles. The highest BCUT2D eigenvalue weighted by Gasteiger charge is 2.18. The number of para-hydroxylation sites is 1. The normalized spacial score (nSPS) is 13.4. The molecule has 6 heteroatoms. The van der Waals surface area contributed by atoms with Crippen LogP contribution in [-0.4, -0.2) is 20.7 Å². The van der Waals surface area contributed by atoms with Crippen LogP contribution in [0.25, 0.3) is 16.6 Å². The number of nitrogens with zero attached hydrogens (tertiary/aromatic N) is 2. The van der Waals surface area contributed by atoms with E-state index in [2.05, 4.69) is 18.8 Å². The first-order valence-electron chi connectivity index (χ1n) is 9.00. The van der Waals surface area contributed by atoms with Gasteiger partial charge >= 0.3 is 0 Å².